The lowest BCUT2D eigenvalue weighted by Crippen LogP contribution is -2.08. The van der Waals surface area contributed by atoms with E-state index in [2.05, 4.69) is 45.7 Å². The lowest BCUT2D eigenvalue weighted by atomic mass is 10.0. The van der Waals surface area contributed by atoms with E-state index < -0.39 is 0 Å². The Hall–Kier alpha value is 0.110. The lowest BCUT2D eigenvalue weighted by molar-refractivity contribution is 0.578. The summed E-state index contributed by atoms with van der Waals surface area (Å²) in [6.07, 6.45) is 1.92. The van der Waals surface area contributed by atoms with Crippen LogP contribution in [0.3, 0.4) is 0 Å². The summed E-state index contributed by atoms with van der Waals surface area (Å²) in [7, 11) is 0. The molecule has 0 spiro atoms. The summed E-state index contributed by atoms with van der Waals surface area (Å²) >= 11 is 7.07. The molecule has 0 radical (unpaired) electrons. The quantitative estimate of drug-likeness (QED) is 0.682. The summed E-state index contributed by atoms with van der Waals surface area (Å²) in [4.78, 5) is 0.493. The average Bonchev–Trinajstić information content (AvgIpc) is 2.18. The molecule has 1 aromatic rings. The minimum Gasteiger partial charge on any atom is -0.207 e. The van der Waals surface area contributed by atoms with E-state index in [4.69, 9.17) is 0 Å². The summed E-state index contributed by atoms with van der Waals surface area (Å²) < 4.78 is 14.0. The van der Waals surface area contributed by atoms with E-state index in [1.54, 1.807) is 12.1 Å². The van der Waals surface area contributed by atoms with Gasteiger partial charge in [0, 0.05) is 9.30 Å². The Morgan fingerprint density at radius 3 is 2.60 bits per heavy atom. The molecule has 1 rings (SSSR count). The van der Waals surface area contributed by atoms with Gasteiger partial charge in [-0.2, -0.15) is 0 Å². The third kappa shape index (κ3) is 4.23. The van der Waals surface area contributed by atoms with Gasteiger partial charge in [0.2, 0.25) is 0 Å². The third-order valence-electron chi connectivity index (χ3n) is 2.42. The van der Waals surface area contributed by atoms with Gasteiger partial charge in [0.1, 0.15) is 5.82 Å². The van der Waals surface area contributed by atoms with Crippen molar-refractivity contribution in [3.63, 3.8) is 0 Å². The summed E-state index contributed by atoms with van der Waals surface area (Å²) in [5.41, 5.74) is 1.04. The minimum atomic E-state index is -0.163. The van der Waals surface area contributed by atoms with Gasteiger partial charge in [-0.1, -0.05) is 45.7 Å². The van der Waals surface area contributed by atoms with Crippen molar-refractivity contribution in [1.29, 1.82) is 0 Å². The second-order valence-electron chi connectivity index (χ2n) is 4.03. The average molecular weight is 338 g/mol. The number of benzene rings is 1. The maximum absolute atomic E-state index is 13.0. The standard InChI is InChI=1S/C12H15Br2F/c1-8(2)11(13)5-3-9-7-10(15)4-6-12(9)14/h4,6-8,11H,3,5H2,1-2H3. The molecule has 0 bridgehead atoms. The van der Waals surface area contributed by atoms with Crippen LogP contribution in [0.15, 0.2) is 22.7 Å². The van der Waals surface area contributed by atoms with Crippen LogP contribution in [0.2, 0.25) is 0 Å². The van der Waals surface area contributed by atoms with Crippen LogP contribution in [0.25, 0.3) is 0 Å². The van der Waals surface area contributed by atoms with Crippen molar-refractivity contribution < 1.29 is 4.39 Å². The molecule has 0 saturated heterocycles. The Morgan fingerprint density at radius 2 is 2.00 bits per heavy atom. The van der Waals surface area contributed by atoms with Crippen molar-refractivity contribution in [2.24, 2.45) is 5.92 Å². The molecule has 3 heteroatoms. The molecule has 0 aromatic heterocycles. The highest BCUT2D eigenvalue weighted by atomic mass is 79.9. The van der Waals surface area contributed by atoms with E-state index in [0.717, 1.165) is 22.9 Å². The Balaban J connectivity index is 2.61. The molecule has 0 N–H and O–H groups in total. The Kier molecular flexibility index (Phi) is 5.27. The van der Waals surface area contributed by atoms with Gasteiger partial charge in [0.05, 0.1) is 0 Å². The molecular formula is C12H15Br2F. The first-order valence-corrected chi connectivity index (χ1v) is 6.79. The van der Waals surface area contributed by atoms with E-state index in [1.807, 2.05) is 0 Å². The highest BCUT2D eigenvalue weighted by Crippen LogP contribution is 2.23. The summed E-state index contributed by atoms with van der Waals surface area (Å²) in [5, 5.41) is 0. The van der Waals surface area contributed by atoms with E-state index in [-0.39, 0.29) is 5.82 Å². The number of rotatable bonds is 4. The van der Waals surface area contributed by atoms with E-state index in [9.17, 15) is 4.39 Å². The third-order valence-corrected chi connectivity index (χ3v) is 4.71. The summed E-state index contributed by atoms with van der Waals surface area (Å²) in [6, 6.07) is 4.84. The topological polar surface area (TPSA) is 0 Å². The van der Waals surface area contributed by atoms with Crippen LogP contribution < -0.4 is 0 Å². The number of alkyl halides is 1. The smallest absolute Gasteiger partial charge is 0.123 e. The number of halogens is 3. The molecular weight excluding hydrogens is 323 g/mol. The van der Waals surface area contributed by atoms with Crippen molar-refractivity contribution in [3.05, 3.63) is 34.1 Å². The highest BCUT2D eigenvalue weighted by Gasteiger charge is 2.10. The lowest BCUT2D eigenvalue weighted by Gasteiger charge is -2.13. The van der Waals surface area contributed by atoms with Gasteiger partial charge >= 0.3 is 0 Å². The van der Waals surface area contributed by atoms with Crippen LogP contribution in [0.5, 0.6) is 0 Å². The van der Waals surface area contributed by atoms with Crippen molar-refractivity contribution in [3.8, 4) is 0 Å². The summed E-state index contributed by atoms with van der Waals surface area (Å²) in [5.74, 6) is 0.446. The van der Waals surface area contributed by atoms with Crippen LogP contribution in [-0.4, -0.2) is 4.83 Å². The highest BCUT2D eigenvalue weighted by molar-refractivity contribution is 9.10. The van der Waals surface area contributed by atoms with E-state index >= 15 is 0 Å². The normalized spacial score (nSPS) is 13.2. The number of aryl methyl sites for hydroxylation is 1. The molecule has 0 aliphatic rings. The molecule has 15 heavy (non-hydrogen) atoms. The maximum atomic E-state index is 13.0. The van der Waals surface area contributed by atoms with Crippen LogP contribution in [0.1, 0.15) is 25.8 Å². The molecule has 84 valence electrons. The van der Waals surface area contributed by atoms with Gasteiger partial charge in [-0.25, -0.2) is 4.39 Å². The number of hydrogen-bond donors (Lipinski definition) is 0. The first-order chi connectivity index (χ1) is 7.00. The second kappa shape index (κ2) is 6.00. The van der Waals surface area contributed by atoms with E-state index in [0.29, 0.717) is 10.7 Å². The van der Waals surface area contributed by atoms with Crippen molar-refractivity contribution in [2.75, 3.05) is 0 Å². The molecule has 0 saturated carbocycles. The zero-order chi connectivity index (χ0) is 11.4. The second-order valence-corrected chi connectivity index (χ2v) is 6.06. The van der Waals surface area contributed by atoms with Crippen LogP contribution in [0, 0.1) is 11.7 Å². The van der Waals surface area contributed by atoms with Gasteiger partial charge in [-0.15, -0.1) is 0 Å². The Bertz CT molecular complexity index is 323. The van der Waals surface area contributed by atoms with Crippen LogP contribution in [-0.2, 0) is 6.42 Å². The first-order valence-electron chi connectivity index (χ1n) is 5.08. The van der Waals surface area contributed by atoms with Gasteiger partial charge in [-0.3, -0.25) is 0 Å². The van der Waals surface area contributed by atoms with Gasteiger partial charge < -0.3 is 0 Å². The van der Waals surface area contributed by atoms with E-state index in [1.165, 1.54) is 6.07 Å². The van der Waals surface area contributed by atoms with Gasteiger partial charge in [-0.05, 0) is 42.5 Å². The molecule has 0 aliphatic heterocycles. The summed E-state index contributed by atoms with van der Waals surface area (Å²) in [6.45, 7) is 4.36. The zero-order valence-electron chi connectivity index (χ0n) is 8.93. The predicted molar refractivity (Wildman–Crippen MR) is 70.0 cm³/mol. The minimum absolute atomic E-state index is 0.163. The maximum Gasteiger partial charge on any atom is 0.123 e. The number of hydrogen-bond acceptors (Lipinski definition) is 0. The van der Waals surface area contributed by atoms with Crippen LogP contribution >= 0.6 is 31.9 Å². The molecule has 0 fully saturated rings. The molecule has 1 aromatic carbocycles. The fourth-order valence-corrected chi connectivity index (χ4v) is 2.04. The first kappa shape index (κ1) is 13.2. The van der Waals surface area contributed by atoms with Crippen molar-refractivity contribution in [2.45, 2.75) is 31.5 Å². The van der Waals surface area contributed by atoms with Crippen molar-refractivity contribution >= 4 is 31.9 Å². The Labute approximate surface area is 108 Å². The van der Waals surface area contributed by atoms with Gasteiger partial charge in [0.15, 0.2) is 0 Å². The molecule has 0 amide bonds. The predicted octanol–water partition coefficient (Wildman–Crippen LogP) is 4.94. The molecule has 1 atom stereocenters. The SMILES string of the molecule is CC(C)C(Br)CCc1cc(F)ccc1Br. The fraction of sp³-hybridized carbons (Fsp3) is 0.500. The van der Waals surface area contributed by atoms with Crippen molar-refractivity contribution in [1.82, 2.24) is 0 Å². The van der Waals surface area contributed by atoms with Gasteiger partial charge in [0.25, 0.3) is 0 Å². The zero-order valence-corrected chi connectivity index (χ0v) is 12.1. The largest absolute Gasteiger partial charge is 0.207 e. The Morgan fingerprint density at radius 1 is 1.33 bits per heavy atom. The monoisotopic (exact) mass is 336 g/mol. The fourth-order valence-electron chi connectivity index (χ4n) is 1.36. The molecule has 0 aliphatic carbocycles. The van der Waals surface area contributed by atoms with Crippen LogP contribution in [0.4, 0.5) is 4.39 Å². The molecule has 1 unspecified atom stereocenters. The molecule has 0 nitrogen and oxygen atoms in total. The molecule has 0 heterocycles.